The molecular weight excluding hydrogens is 437 g/mol. The summed E-state index contributed by atoms with van der Waals surface area (Å²) < 4.78 is 36.3. The summed E-state index contributed by atoms with van der Waals surface area (Å²) in [6.07, 6.45) is 0.354. The summed E-state index contributed by atoms with van der Waals surface area (Å²) in [5.74, 6) is -1.14. The van der Waals surface area contributed by atoms with Crippen LogP contribution in [-0.4, -0.2) is 56.5 Å². The summed E-state index contributed by atoms with van der Waals surface area (Å²) in [7, 11) is 0.780. The molecule has 0 aromatic heterocycles. The van der Waals surface area contributed by atoms with Crippen LogP contribution in [0.25, 0.3) is 0 Å². The molecule has 2 atom stereocenters. The minimum absolute atomic E-state index is 0. The molecule has 1 aliphatic heterocycles. The molecule has 0 unspecified atom stereocenters. The highest BCUT2D eigenvalue weighted by Crippen LogP contribution is 2.37. The molecule has 0 bridgehead atoms. The van der Waals surface area contributed by atoms with E-state index in [1.54, 1.807) is 6.07 Å². The molecule has 1 fully saturated rings. The van der Waals surface area contributed by atoms with Gasteiger partial charge in [-0.25, -0.2) is 4.39 Å². The van der Waals surface area contributed by atoms with Crippen LogP contribution in [0.3, 0.4) is 0 Å². The standard InChI is InChI=1S/C19H29BClFN2O5.ClH/c1-18(2)19(3,4)29-20(28-18)16(24-17(25)15(23)11-26-5)8-9-27-12-6-7-13(21)14(22)10-12;/h6-7,10,15-16H,8-9,11,23H2,1-5H3,(H,24,25);1H/t15-,16+;/m1./s1. The average Bonchev–Trinajstić information content (AvgIpc) is 2.84. The molecule has 1 saturated heterocycles. The van der Waals surface area contributed by atoms with Crippen molar-refractivity contribution in [3.05, 3.63) is 29.0 Å². The number of methoxy groups -OCH3 is 1. The summed E-state index contributed by atoms with van der Waals surface area (Å²) in [4.78, 5) is 12.4. The first-order valence-corrected chi connectivity index (χ1v) is 9.83. The summed E-state index contributed by atoms with van der Waals surface area (Å²) >= 11 is 5.68. The molecular formula is C19H30BCl2FN2O5. The third-order valence-electron chi connectivity index (χ3n) is 5.20. The van der Waals surface area contributed by atoms with E-state index >= 15 is 0 Å². The SMILES string of the molecule is COC[C@@H](N)C(=O)N[C@@H](CCOc1ccc(Cl)c(F)c1)B1OC(C)(C)C(C)(C)O1.Cl. The number of nitrogens with two attached hydrogens (primary N) is 1. The summed E-state index contributed by atoms with van der Waals surface area (Å²) in [5, 5.41) is 2.88. The first-order valence-electron chi connectivity index (χ1n) is 9.45. The second kappa shape index (κ2) is 11.0. The van der Waals surface area contributed by atoms with Gasteiger partial charge >= 0.3 is 7.12 Å². The van der Waals surface area contributed by atoms with Gasteiger partial charge in [-0.1, -0.05) is 11.6 Å². The van der Waals surface area contributed by atoms with Gasteiger partial charge in [0.15, 0.2) is 0 Å². The topological polar surface area (TPSA) is 92.0 Å². The van der Waals surface area contributed by atoms with Crippen LogP contribution in [0.2, 0.25) is 5.02 Å². The van der Waals surface area contributed by atoms with Gasteiger partial charge in [0, 0.05) is 19.6 Å². The molecule has 7 nitrogen and oxygen atoms in total. The van der Waals surface area contributed by atoms with Crippen LogP contribution in [0, 0.1) is 5.82 Å². The number of ether oxygens (including phenoxy) is 2. The van der Waals surface area contributed by atoms with Gasteiger partial charge in [-0.2, -0.15) is 0 Å². The lowest BCUT2D eigenvalue weighted by atomic mass is 9.76. The summed E-state index contributed by atoms with van der Waals surface area (Å²) in [6.45, 7) is 7.98. The molecule has 1 aliphatic rings. The number of nitrogens with one attached hydrogen (secondary N) is 1. The normalized spacial score (nSPS) is 19.0. The Morgan fingerprint density at radius 3 is 2.43 bits per heavy atom. The zero-order valence-corrected chi connectivity index (χ0v) is 19.4. The van der Waals surface area contributed by atoms with Crippen molar-refractivity contribution in [2.24, 2.45) is 5.73 Å². The minimum Gasteiger partial charge on any atom is -0.493 e. The van der Waals surface area contributed by atoms with E-state index in [-0.39, 0.29) is 36.6 Å². The van der Waals surface area contributed by atoms with Gasteiger partial charge < -0.3 is 29.8 Å². The second-order valence-electron chi connectivity index (χ2n) is 8.01. The van der Waals surface area contributed by atoms with E-state index in [1.165, 1.54) is 19.2 Å². The number of hydrogen-bond acceptors (Lipinski definition) is 6. The van der Waals surface area contributed by atoms with Crippen molar-refractivity contribution in [3.63, 3.8) is 0 Å². The van der Waals surface area contributed by atoms with E-state index in [0.29, 0.717) is 12.2 Å². The van der Waals surface area contributed by atoms with Crippen LogP contribution in [0.4, 0.5) is 4.39 Å². The number of halogens is 3. The Hall–Kier alpha value is -1.10. The first kappa shape index (κ1) is 26.9. The third-order valence-corrected chi connectivity index (χ3v) is 5.51. The van der Waals surface area contributed by atoms with Crippen LogP contribution in [-0.2, 0) is 18.8 Å². The molecule has 1 aromatic carbocycles. The van der Waals surface area contributed by atoms with Gasteiger partial charge in [0.2, 0.25) is 5.91 Å². The molecule has 0 radical (unpaired) electrons. The summed E-state index contributed by atoms with van der Waals surface area (Å²) in [5.41, 5.74) is 4.71. The fraction of sp³-hybridized carbons (Fsp3) is 0.632. The Balaban J connectivity index is 0.00000450. The number of benzene rings is 1. The maximum absolute atomic E-state index is 13.6. The van der Waals surface area contributed by atoms with E-state index < -0.39 is 36.1 Å². The van der Waals surface area contributed by atoms with Gasteiger partial charge in [0.1, 0.15) is 17.6 Å². The predicted molar refractivity (Wildman–Crippen MR) is 117 cm³/mol. The third kappa shape index (κ3) is 6.70. The van der Waals surface area contributed by atoms with Crippen LogP contribution in [0.15, 0.2) is 18.2 Å². The fourth-order valence-electron chi connectivity index (χ4n) is 2.74. The van der Waals surface area contributed by atoms with E-state index in [9.17, 15) is 9.18 Å². The van der Waals surface area contributed by atoms with E-state index in [1.807, 2.05) is 27.7 Å². The van der Waals surface area contributed by atoms with Crippen LogP contribution >= 0.6 is 24.0 Å². The van der Waals surface area contributed by atoms with E-state index in [4.69, 9.17) is 36.1 Å². The lowest BCUT2D eigenvalue weighted by Gasteiger charge is -2.32. The molecule has 3 N–H and O–H groups in total. The Labute approximate surface area is 188 Å². The zero-order chi connectivity index (χ0) is 21.8. The average molecular weight is 467 g/mol. The number of carbonyl (C=O) groups excluding carboxylic acids is 1. The van der Waals surface area contributed by atoms with Crippen molar-refractivity contribution >= 4 is 37.0 Å². The minimum atomic E-state index is -0.823. The van der Waals surface area contributed by atoms with Gasteiger partial charge in [-0.15, -0.1) is 12.4 Å². The molecule has 0 spiro atoms. The van der Waals surface area contributed by atoms with Crippen molar-refractivity contribution < 1.29 is 28.0 Å². The molecule has 0 aliphatic carbocycles. The number of rotatable bonds is 9. The molecule has 0 saturated carbocycles. The highest BCUT2D eigenvalue weighted by Gasteiger charge is 2.54. The summed E-state index contributed by atoms with van der Waals surface area (Å²) in [6, 6.07) is 3.38. The highest BCUT2D eigenvalue weighted by atomic mass is 35.5. The Morgan fingerprint density at radius 1 is 1.30 bits per heavy atom. The molecule has 11 heteroatoms. The first-order chi connectivity index (χ1) is 13.5. The smallest absolute Gasteiger partial charge is 0.481 e. The zero-order valence-electron chi connectivity index (χ0n) is 17.9. The van der Waals surface area contributed by atoms with Crippen molar-refractivity contribution in [2.45, 2.75) is 57.3 Å². The maximum Gasteiger partial charge on any atom is 0.481 e. The van der Waals surface area contributed by atoms with Crippen molar-refractivity contribution in [1.29, 1.82) is 0 Å². The van der Waals surface area contributed by atoms with E-state index in [2.05, 4.69) is 5.32 Å². The van der Waals surface area contributed by atoms with Crippen LogP contribution < -0.4 is 15.8 Å². The number of hydrogen-bond donors (Lipinski definition) is 2. The molecule has 170 valence electrons. The Kier molecular flexibility index (Phi) is 9.85. The molecule has 1 amide bonds. The van der Waals surface area contributed by atoms with Gasteiger partial charge in [-0.05, 0) is 39.8 Å². The largest absolute Gasteiger partial charge is 0.493 e. The van der Waals surface area contributed by atoms with Crippen molar-refractivity contribution in [1.82, 2.24) is 5.32 Å². The van der Waals surface area contributed by atoms with Gasteiger partial charge in [0.25, 0.3) is 0 Å². The van der Waals surface area contributed by atoms with Crippen LogP contribution in [0.5, 0.6) is 5.75 Å². The number of carbonyl (C=O) groups is 1. The maximum atomic E-state index is 13.6. The van der Waals surface area contributed by atoms with Gasteiger partial charge in [0.05, 0.1) is 35.4 Å². The molecule has 30 heavy (non-hydrogen) atoms. The second-order valence-corrected chi connectivity index (χ2v) is 8.42. The molecule has 2 rings (SSSR count). The lowest BCUT2D eigenvalue weighted by Crippen LogP contribution is -2.54. The highest BCUT2D eigenvalue weighted by molar-refractivity contribution is 6.48. The van der Waals surface area contributed by atoms with Crippen molar-refractivity contribution in [2.75, 3.05) is 20.3 Å². The van der Waals surface area contributed by atoms with Crippen molar-refractivity contribution in [3.8, 4) is 5.75 Å². The fourth-order valence-corrected chi connectivity index (χ4v) is 2.86. The quantitative estimate of drug-likeness (QED) is 0.543. The van der Waals surface area contributed by atoms with Crippen LogP contribution in [0.1, 0.15) is 34.1 Å². The Bertz CT molecular complexity index is 710. The van der Waals surface area contributed by atoms with E-state index in [0.717, 1.165) is 0 Å². The van der Waals surface area contributed by atoms with Gasteiger partial charge in [-0.3, -0.25) is 4.79 Å². The molecule has 1 aromatic rings. The Morgan fingerprint density at radius 2 is 1.90 bits per heavy atom. The monoisotopic (exact) mass is 466 g/mol. The predicted octanol–water partition coefficient (Wildman–Crippen LogP) is 2.76. The lowest BCUT2D eigenvalue weighted by molar-refractivity contribution is -0.123. The molecule has 1 heterocycles. The number of amides is 1.